The van der Waals surface area contributed by atoms with Gasteiger partial charge in [0.15, 0.2) is 0 Å². The largest absolute Gasteiger partial charge is 0.481 e. The molecule has 1 heterocycles. The minimum atomic E-state index is -3.92. The van der Waals surface area contributed by atoms with E-state index in [9.17, 15) is 23.8 Å². The summed E-state index contributed by atoms with van der Waals surface area (Å²) in [5, 5.41) is 20.1. The van der Waals surface area contributed by atoms with E-state index in [-0.39, 0.29) is 47.6 Å². The van der Waals surface area contributed by atoms with Gasteiger partial charge in [-0.2, -0.15) is 0 Å². The maximum absolute atomic E-state index is 15.5. The Kier molecular flexibility index (Phi) is 12.6. The second-order valence-corrected chi connectivity index (χ2v) is 14.7. The van der Waals surface area contributed by atoms with Crippen LogP contribution in [0, 0.1) is 11.2 Å². The number of nitrogens with zero attached hydrogens (tertiary/aromatic N) is 4. The van der Waals surface area contributed by atoms with Crippen molar-refractivity contribution in [2.75, 3.05) is 32.1 Å². The molecule has 1 amide bonds. The normalized spacial score (nSPS) is 15.2. The van der Waals surface area contributed by atoms with Crippen molar-refractivity contribution >= 4 is 33.2 Å². The number of ether oxygens (including phenoxy) is 1. The lowest BCUT2D eigenvalue weighted by molar-refractivity contribution is -0.117. The van der Waals surface area contributed by atoms with Crippen molar-refractivity contribution < 1.29 is 27.4 Å². The fraction of sp³-hybridized carbons (Fsp3) is 0.333. The summed E-state index contributed by atoms with van der Waals surface area (Å²) in [6, 6.07) is 20.3. The van der Waals surface area contributed by atoms with Crippen LogP contribution < -0.4 is 20.1 Å². The molecule has 51 heavy (non-hydrogen) atoms. The van der Waals surface area contributed by atoms with Crippen LogP contribution in [0.5, 0.6) is 5.88 Å². The number of aliphatic hydroxyl groups is 1. The zero-order valence-electron chi connectivity index (χ0n) is 27.9. The highest BCUT2D eigenvalue weighted by Gasteiger charge is 2.41. The zero-order chi connectivity index (χ0) is 36.4. The molecule has 4 N–H and O–H groups in total. The van der Waals surface area contributed by atoms with E-state index in [0.29, 0.717) is 28.6 Å². The van der Waals surface area contributed by atoms with Crippen LogP contribution >= 0.6 is 11.6 Å². The molecule has 0 aliphatic heterocycles. The van der Waals surface area contributed by atoms with Crippen LogP contribution in [-0.4, -0.2) is 63.3 Å². The molecule has 0 bridgehead atoms. The predicted molar refractivity (Wildman–Crippen MR) is 193 cm³/mol. The third-order valence-electron chi connectivity index (χ3n) is 9.00. The Morgan fingerprint density at radius 1 is 1.08 bits per heavy atom. The van der Waals surface area contributed by atoms with E-state index in [1.165, 1.54) is 43.6 Å². The first-order chi connectivity index (χ1) is 24.6. The Hall–Kier alpha value is -4.56. The Bertz CT molecular complexity index is 1940. The SMILES string of the molecule is COc1ccc([C@H](c2ccc(Cl)cc2)[C@H](N=[N+]=[N-])C(=O)Nc2cccc(F)c2CC[C@@H](CNCC2(CO)CC2)NS(=O)(=O)c2ccccc2)cn1. The number of halogens is 2. The van der Waals surface area contributed by atoms with E-state index in [2.05, 4.69) is 30.4 Å². The van der Waals surface area contributed by atoms with E-state index in [4.69, 9.17) is 16.3 Å². The summed E-state index contributed by atoms with van der Waals surface area (Å²) in [5.74, 6) is -1.75. The first kappa shape index (κ1) is 37.7. The van der Waals surface area contributed by atoms with Crippen molar-refractivity contribution in [3.63, 3.8) is 0 Å². The van der Waals surface area contributed by atoms with Gasteiger partial charge in [0.05, 0.1) is 12.0 Å². The van der Waals surface area contributed by atoms with Gasteiger partial charge in [-0.05, 0) is 78.7 Å². The van der Waals surface area contributed by atoms with Gasteiger partial charge in [0.1, 0.15) is 11.9 Å². The molecule has 3 aromatic carbocycles. The number of azide groups is 1. The molecule has 12 nitrogen and oxygen atoms in total. The molecule has 1 aliphatic rings. The van der Waals surface area contributed by atoms with Gasteiger partial charge in [0.2, 0.25) is 21.8 Å². The molecular formula is C36H39ClFN7O5S. The number of pyridine rings is 1. The third kappa shape index (κ3) is 9.82. The van der Waals surface area contributed by atoms with Crippen molar-refractivity contribution in [1.29, 1.82) is 0 Å². The summed E-state index contributed by atoms with van der Waals surface area (Å²) in [6.45, 7) is 0.762. The Morgan fingerprint density at radius 3 is 2.43 bits per heavy atom. The second kappa shape index (κ2) is 17.1. The first-order valence-electron chi connectivity index (χ1n) is 16.3. The minimum Gasteiger partial charge on any atom is -0.481 e. The monoisotopic (exact) mass is 735 g/mol. The molecule has 1 saturated carbocycles. The van der Waals surface area contributed by atoms with E-state index in [1.807, 2.05) is 0 Å². The van der Waals surface area contributed by atoms with Gasteiger partial charge in [0.25, 0.3) is 0 Å². The molecule has 4 aromatic rings. The molecular weight excluding hydrogens is 697 g/mol. The molecule has 1 aromatic heterocycles. The number of carbonyl (C=O) groups is 1. The maximum Gasteiger partial charge on any atom is 0.240 e. The molecule has 5 rings (SSSR count). The number of aliphatic hydroxyl groups excluding tert-OH is 1. The summed E-state index contributed by atoms with van der Waals surface area (Å²) in [4.78, 5) is 21.3. The molecule has 15 heteroatoms. The number of amides is 1. The standard InChI is InChI=1S/C36H39ClFN7O5S/c1-50-32-17-12-25(20-41-32)33(24-10-13-26(37)14-11-24)34(43-45-39)35(47)42-31-9-5-8-30(38)29(31)16-15-27(21-40-22-36(23-46)18-19-36)44-51(48,49)28-6-3-2-4-7-28/h2-14,17,20,27,33-34,40,44,46H,15-16,18-19,21-23H2,1H3,(H,42,47)/t27-,33-,34-/m0/s1. The number of aromatic nitrogens is 1. The predicted octanol–water partition coefficient (Wildman–Crippen LogP) is 5.97. The highest BCUT2D eigenvalue weighted by atomic mass is 35.5. The van der Waals surface area contributed by atoms with Crippen LogP contribution in [-0.2, 0) is 21.2 Å². The number of hydrogen-bond donors (Lipinski definition) is 4. The number of sulfonamides is 1. The van der Waals surface area contributed by atoms with Crippen LogP contribution in [0.15, 0.2) is 101 Å². The molecule has 0 spiro atoms. The molecule has 0 unspecified atom stereocenters. The molecule has 1 aliphatic carbocycles. The van der Waals surface area contributed by atoms with Crippen molar-refractivity contribution in [2.24, 2.45) is 10.5 Å². The van der Waals surface area contributed by atoms with E-state index in [1.54, 1.807) is 54.6 Å². The van der Waals surface area contributed by atoms with Gasteiger partial charge in [-0.15, -0.1) is 0 Å². The topological polar surface area (TPSA) is 178 Å². The average molecular weight is 736 g/mol. The maximum atomic E-state index is 15.5. The number of anilines is 1. The third-order valence-corrected chi connectivity index (χ3v) is 10.8. The van der Waals surface area contributed by atoms with E-state index < -0.39 is 39.7 Å². The van der Waals surface area contributed by atoms with Crippen molar-refractivity contribution in [3.05, 3.63) is 129 Å². The van der Waals surface area contributed by atoms with Crippen molar-refractivity contribution in [3.8, 4) is 5.88 Å². The van der Waals surface area contributed by atoms with Crippen LogP contribution in [0.25, 0.3) is 10.4 Å². The second-order valence-electron chi connectivity index (χ2n) is 12.5. The Labute approximate surface area is 301 Å². The van der Waals surface area contributed by atoms with Crippen LogP contribution in [0.3, 0.4) is 0 Å². The van der Waals surface area contributed by atoms with Gasteiger partial charge in [-0.1, -0.05) is 59.2 Å². The van der Waals surface area contributed by atoms with Crippen LogP contribution in [0.4, 0.5) is 10.1 Å². The molecule has 3 atom stereocenters. The van der Waals surface area contributed by atoms with Gasteiger partial charge in [-0.25, -0.2) is 22.5 Å². The van der Waals surface area contributed by atoms with Crippen molar-refractivity contribution in [1.82, 2.24) is 15.0 Å². The fourth-order valence-electron chi connectivity index (χ4n) is 5.87. The summed E-state index contributed by atoms with van der Waals surface area (Å²) in [5.41, 5.74) is 10.8. The zero-order valence-corrected chi connectivity index (χ0v) is 29.4. The van der Waals surface area contributed by atoms with Crippen molar-refractivity contribution in [2.45, 2.75) is 48.6 Å². The van der Waals surface area contributed by atoms with Gasteiger partial charge in [0, 0.05) is 70.5 Å². The number of carbonyl (C=O) groups excluding carboxylic acids is 1. The van der Waals surface area contributed by atoms with Gasteiger partial charge >= 0.3 is 0 Å². The smallest absolute Gasteiger partial charge is 0.240 e. The van der Waals surface area contributed by atoms with E-state index >= 15 is 4.39 Å². The van der Waals surface area contributed by atoms with Crippen LogP contribution in [0.1, 0.15) is 41.9 Å². The lowest BCUT2D eigenvalue weighted by Gasteiger charge is -2.25. The summed E-state index contributed by atoms with van der Waals surface area (Å²) >= 11 is 6.14. The number of benzene rings is 3. The minimum absolute atomic E-state index is 0.0311. The Balaban J connectivity index is 1.39. The number of nitrogens with one attached hydrogen (secondary N) is 3. The summed E-state index contributed by atoms with van der Waals surface area (Å²) in [7, 11) is -2.44. The summed E-state index contributed by atoms with van der Waals surface area (Å²) in [6.07, 6.45) is 3.49. The van der Waals surface area contributed by atoms with Crippen LogP contribution in [0.2, 0.25) is 5.02 Å². The lowest BCUT2D eigenvalue weighted by atomic mass is 9.85. The summed E-state index contributed by atoms with van der Waals surface area (Å²) < 4.78 is 50.0. The molecule has 0 radical (unpaired) electrons. The molecule has 1 fully saturated rings. The highest BCUT2D eigenvalue weighted by molar-refractivity contribution is 7.89. The van der Waals surface area contributed by atoms with Gasteiger partial charge < -0.3 is 20.5 Å². The average Bonchev–Trinajstić information content (AvgIpc) is 3.92. The number of rotatable bonds is 18. The Morgan fingerprint density at radius 2 is 1.80 bits per heavy atom. The van der Waals surface area contributed by atoms with E-state index in [0.717, 1.165) is 12.8 Å². The first-order valence-corrected chi connectivity index (χ1v) is 18.2. The molecule has 268 valence electrons. The quantitative estimate of drug-likeness (QED) is 0.0552. The van der Waals surface area contributed by atoms with Gasteiger partial charge in [-0.3, -0.25) is 4.79 Å². The highest BCUT2D eigenvalue weighted by Crippen LogP contribution is 2.44. The number of hydrogen-bond acceptors (Lipinski definition) is 8. The fourth-order valence-corrected chi connectivity index (χ4v) is 7.29. The molecule has 0 saturated heterocycles. The lowest BCUT2D eigenvalue weighted by Crippen LogP contribution is -2.44. The number of methoxy groups -OCH3 is 1.